The number of halogens is 1. The summed E-state index contributed by atoms with van der Waals surface area (Å²) in [6.45, 7) is 1.09. The zero-order valence-corrected chi connectivity index (χ0v) is 13.4. The summed E-state index contributed by atoms with van der Waals surface area (Å²) < 4.78 is 5.12. The Kier molecular flexibility index (Phi) is 4.73. The van der Waals surface area contributed by atoms with E-state index in [1.54, 1.807) is 19.4 Å². The highest BCUT2D eigenvalue weighted by atomic mass is 35.5. The summed E-state index contributed by atoms with van der Waals surface area (Å²) in [6, 6.07) is 5.14. The van der Waals surface area contributed by atoms with Crippen molar-refractivity contribution in [3.05, 3.63) is 52.6 Å². The molecule has 0 spiro atoms. The fourth-order valence-corrected chi connectivity index (χ4v) is 2.84. The van der Waals surface area contributed by atoms with Crippen molar-refractivity contribution in [1.29, 1.82) is 0 Å². The molecule has 0 fully saturated rings. The smallest absolute Gasteiger partial charge is 0.241 e. The van der Waals surface area contributed by atoms with Crippen LogP contribution in [0.5, 0.6) is 5.75 Å². The number of rotatable bonds is 5. The standard InChI is InChI=1S/C16H17ClN4O2/c1-23-11-3-2-10(13(17)6-11)4-5-19-16(22)15-12-7-18-9-21-14(12)8-20-15/h2-3,6-7,9,15,20H,4-5,8H2,1H3,(H,19,22). The van der Waals surface area contributed by atoms with Crippen LogP contribution in [0, 0.1) is 0 Å². The number of nitrogens with one attached hydrogen (secondary N) is 2. The van der Waals surface area contributed by atoms with E-state index in [9.17, 15) is 4.79 Å². The van der Waals surface area contributed by atoms with E-state index in [0.717, 1.165) is 22.6 Å². The van der Waals surface area contributed by atoms with Crippen molar-refractivity contribution in [3.8, 4) is 5.75 Å². The summed E-state index contributed by atoms with van der Waals surface area (Å²) in [7, 11) is 1.60. The minimum Gasteiger partial charge on any atom is -0.497 e. The van der Waals surface area contributed by atoms with Gasteiger partial charge in [0.15, 0.2) is 0 Å². The van der Waals surface area contributed by atoms with Gasteiger partial charge >= 0.3 is 0 Å². The van der Waals surface area contributed by atoms with Crippen LogP contribution in [-0.2, 0) is 17.8 Å². The largest absolute Gasteiger partial charge is 0.497 e. The zero-order chi connectivity index (χ0) is 16.2. The molecule has 1 aliphatic rings. The predicted octanol–water partition coefficient (Wildman–Crippen LogP) is 1.64. The van der Waals surface area contributed by atoms with Gasteiger partial charge in [-0.25, -0.2) is 9.97 Å². The monoisotopic (exact) mass is 332 g/mol. The lowest BCUT2D eigenvalue weighted by atomic mass is 10.1. The first kappa shape index (κ1) is 15.7. The number of carbonyl (C=O) groups is 1. The number of carbonyl (C=O) groups excluding carboxylic acids is 1. The SMILES string of the molecule is COc1ccc(CCNC(=O)C2NCc3ncncc32)c(Cl)c1. The van der Waals surface area contributed by atoms with E-state index in [4.69, 9.17) is 16.3 Å². The quantitative estimate of drug-likeness (QED) is 0.870. The molecule has 1 amide bonds. The molecule has 2 aromatic rings. The molecule has 1 unspecified atom stereocenters. The van der Waals surface area contributed by atoms with Crippen LogP contribution in [0.25, 0.3) is 0 Å². The van der Waals surface area contributed by atoms with E-state index < -0.39 is 6.04 Å². The molecule has 0 saturated carbocycles. The van der Waals surface area contributed by atoms with Crippen LogP contribution >= 0.6 is 11.6 Å². The third kappa shape index (κ3) is 3.43. The first-order valence-corrected chi connectivity index (χ1v) is 7.69. The number of hydrogen-bond acceptors (Lipinski definition) is 5. The van der Waals surface area contributed by atoms with Crippen LogP contribution in [0.4, 0.5) is 0 Å². The molecule has 3 rings (SSSR count). The van der Waals surface area contributed by atoms with Gasteiger partial charge in [-0.15, -0.1) is 0 Å². The average molecular weight is 333 g/mol. The Morgan fingerprint density at radius 2 is 2.39 bits per heavy atom. The molecule has 0 radical (unpaired) electrons. The molecule has 120 valence electrons. The molecular formula is C16H17ClN4O2. The summed E-state index contributed by atoms with van der Waals surface area (Å²) in [6.07, 6.45) is 3.83. The van der Waals surface area contributed by atoms with Crippen molar-refractivity contribution >= 4 is 17.5 Å². The first-order chi connectivity index (χ1) is 11.2. The van der Waals surface area contributed by atoms with Gasteiger partial charge < -0.3 is 10.1 Å². The zero-order valence-electron chi connectivity index (χ0n) is 12.7. The Morgan fingerprint density at radius 3 is 3.17 bits per heavy atom. The fraction of sp³-hybridized carbons (Fsp3) is 0.312. The lowest BCUT2D eigenvalue weighted by molar-refractivity contribution is -0.123. The summed E-state index contributed by atoms with van der Waals surface area (Å²) in [5, 5.41) is 6.70. The van der Waals surface area contributed by atoms with Crippen LogP contribution in [0.1, 0.15) is 22.9 Å². The van der Waals surface area contributed by atoms with Gasteiger partial charge in [-0.3, -0.25) is 10.1 Å². The maximum absolute atomic E-state index is 12.3. The van der Waals surface area contributed by atoms with Crippen molar-refractivity contribution in [2.45, 2.75) is 19.0 Å². The molecule has 1 atom stereocenters. The van der Waals surface area contributed by atoms with E-state index in [0.29, 0.717) is 24.5 Å². The Morgan fingerprint density at radius 1 is 1.52 bits per heavy atom. The number of aromatic nitrogens is 2. The number of methoxy groups -OCH3 is 1. The highest BCUT2D eigenvalue weighted by Gasteiger charge is 2.28. The van der Waals surface area contributed by atoms with Gasteiger partial charge in [0.2, 0.25) is 5.91 Å². The Bertz CT molecular complexity index is 723. The number of hydrogen-bond donors (Lipinski definition) is 2. The van der Waals surface area contributed by atoms with Crippen LogP contribution in [0.2, 0.25) is 5.02 Å². The predicted molar refractivity (Wildman–Crippen MR) is 86.3 cm³/mol. The molecule has 1 aliphatic heterocycles. The lowest BCUT2D eigenvalue weighted by Gasteiger charge is -2.12. The van der Waals surface area contributed by atoms with Crippen molar-refractivity contribution in [1.82, 2.24) is 20.6 Å². The average Bonchev–Trinajstić information content (AvgIpc) is 3.00. The Labute approximate surface area is 139 Å². The molecule has 2 N–H and O–H groups in total. The molecule has 0 saturated heterocycles. The second-order valence-corrected chi connectivity index (χ2v) is 5.64. The van der Waals surface area contributed by atoms with Gasteiger partial charge in [-0.05, 0) is 24.1 Å². The van der Waals surface area contributed by atoms with Crippen LogP contribution < -0.4 is 15.4 Å². The Hall–Kier alpha value is -2.18. The van der Waals surface area contributed by atoms with Crippen LogP contribution in [0.3, 0.4) is 0 Å². The minimum absolute atomic E-state index is 0.0804. The van der Waals surface area contributed by atoms with E-state index in [-0.39, 0.29) is 5.91 Å². The number of fused-ring (bicyclic) bond motifs is 1. The molecule has 2 heterocycles. The van der Waals surface area contributed by atoms with Crippen molar-refractivity contribution in [2.24, 2.45) is 0 Å². The molecule has 1 aromatic carbocycles. The fourth-order valence-electron chi connectivity index (χ4n) is 2.58. The van der Waals surface area contributed by atoms with Gasteiger partial charge in [-0.1, -0.05) is 17.7 Å². The van der Waals surface area contributed by atoms with Crippen LogP contribution in [-0.4, -0.2) is 29.5 Å². The molecule has 7 heteroatoms. The van der Waals surface area contributed by atoms with Crippen molar-refractivity contribution in [2.75, 3.05) is 13.7 Å². The van der Waals surface area contributed by atoms with E-state index in [1.807, 2.05) is 12.1 Å². The van der Waals surface area contributed by atoms with E-state index >= 15 is 0 Å². The topological polar surface area (TPSA) is 76.1 Å². The molecule has 0 aliphatic carbocycles. The van der Waals surface area contributed by atoms with Crippen molar-refractivity contribution < 1.29 is 9.53 Å². The number of nitrogens with zero attached hydrogens (tertiary/aromatic N) is 2. The number of amides is 1. The molecule has 0 bridgehead atoms. The number of benzene rings is 1. The van der Waals surface area contributed by atoms with Gasteiger partial charge in [0, 0.05) is 29.9 Å². The van der Waals surface area contributed by atoms with Gasteiger partial charge in [0.25, 0.3) is 0 Å². The molecule has 23 heavy (non-hydrogen) atoms. The normalized spacial score (nSPS) is 16.0. The summed E-state index contributed by atoms with van der Waals surface area (Å²) in [5.41, 5.74) is 2.68. The van der Waals surface area contributed by atoms with Gasteiger partial charge in [-0.2, -0.15) is 0 Å². The second kappa shape index (κ2) is 6.93. The third-order valence-corrected chi connectivity index (χ3v) is 4.18. The Balaban J connectivity index is 1.56. The molecular weight excluding hydrogens is 316 g/mol. The summed E-state index contributed by atoms with van der Waals surface area (Å²) >= 11 is 6.20. The first-order valence-electron chi connectivity index (χ1n) is 7.31. The van der Waals surface area contributed by atoms with Gasteiger partial charge in [0.1, 0.15) is 18.1 Å². The maximum Gasteiger partial charge on any atom is 0.241 e. The lowest BCUT2D eigenvalue weighted by Crippen LogP contribution is -2.35. The summed E-state index contributed by atoms with van der Waals surface area (Å²) in [4.78, 5) is 20.5. The van der Waals surface area contributed by atoms with E-state index in [1.165, 1.54) is 6.33 Å². The van der Waals surface area contributed by atoms with Crippen LogP contribution in [0.15, 0.2) is 30.7 Å². The van der Waals surface area contributed by atoms with E-state index in [2.05, 4.69) is 20.6 Å². The minimum atomic E-state index is -0.391. The second-order valence-electron chi connectivity index (χ2n) is 5.24. The third-order valence-electron chi connectivity index (χ3n) is 3.83. The van der Waals surface area contributed by atoms with Gasteiger partial charge in [0.05, 0.1) is 12.8 Å². The summed E-state index contributed by atoms with van der Waals surface area (Å²) in [5.74, 6) is 0.637. The highest BCUT2D eigenvalue weighted by Crippen LogP contribution is 2.23. The molecule has 1 aromatic heterocycles. The number of ether oxygens (including phenoxy) is 1. The van der Waals surface area contributed by atoms with Crippen molar-refractivity contribution in [3.63, 3.8) is 0 Å². The molecule has 6 nitrogen and oxygen atoms in total. The highest BCUT2D eigenvalue weighted by molar-refractivity contribution is 6.31. The maximum atomic E-state index is 12.3.